The minimum Gasteiger partial charge on any atom is -0.447 e. The Morgan fingerprint density at radius 3 is 2.64 bits per heavy atom. The molecule has 1 aliphatic rings. The number of aliphatic hydroxyl groups is 1. The van der Waals surface area contributed by atoms with E-state index in [4.69, 9.17) is 4.42 Å². The Hall–Kier alpha value is -1.44. The molecule has 2 rings (SSSR count). The highest BCUT2D eigenvalue weighted by molar-refractivity contribution is 5.91. The molecule has 0 aliphatic carbocycles. The monoisotopic (exact) mass is 352 g/mol. The van der Waals surface area contributed by atoms with Gasteiger partial charge in [0.2, 0.25) is 5.89 Å². The molecule has 0 bridgehead atoms. The van der Waals surface area contributed by atoms with E-state index in [-0.39, 0.29) is 12.0 Å². The van der Waals surface area contributed by atoms with Crippen molar-refractivity contribution < 1.29 is 14.3 Å². The first-order valence-electron chi connectivity index (χ1n) is 9.33. The summed E-state index contributed by atoms with van der Waals surface area (Å²) in [5, 5.41) is 12.6. The van der Waals surface area contributed by atoms with Gasteiger partial charge in [0.1, 0.15) is 6.26 Å². The standard InChI is InChI=1S/C18H32N4O3/c1-4-15(23)11-21-7-9-22(10-8-21)12-17-20-16(13-25-17)18(24)19-6-5-14(2)3/h13-15,23H,4-12H2,1-3H3,(H,19,24). The predicted molar refractivity (Wildman–Crippen MR) is 96.3 cm³/mol. The molecule has 142 valence electrons. The summed E-state index contributed by atoms with van der Waals surface area (Å²) in [5.41, 5.74) is 0.350. The highest BCUT2D eigenvalue weighted by Gasteiger charge is 2.20. The maximum atomic E-state index is 12.0. The molecule has 0 saturated carbocycles. The second-order valence-corrected chi connectivity index (χ2v) is 7.20. The van der Waals surface area contributed by atoms with Crippen LogP contribution in [-0.2, 0) is 6.54 Å². The molecule has 0 radical (unpaired) electrons. The average Bonchev–Trinajstić information content (AvgIpc) is 3.04. The molecule has 1 fully saturated rings. The van der Waals surface area contributed by atoms with Gasteiger partial charge in [-0.3, -0.25) is 14.6 Å². The van der Waals surface area contributed by atoms with E-state index in [1.165, 1.54) is 6.26 Å². The van der Waals surface area contributed by atoms with Gasteiger partial charge in [0, 0.05) is 39.3 Å². The fourth-order valence-corrected chi connectivity index (χ4v) is 2.80. The second-order valence-electron chi connectivity index (χ2n) is 7.20. The van der Waals surface area contributed by atoms with E-state index in [1.807, 2.05) is 6.92 Å². The Balaban J connectivity index is 1.73. The molecule has 25 heavy (non-hydrogen) atoms. The van der Waals surface area contributed by atoms with Crippen molar-refractivity contribution in [2.75, 3.05) is 39.3 Å². The van der Waals surface area contributed by atoms with Crippen LogP contribution in [0.2, 0.25) is 0 Å². The molecule has 1 unspecified atom stereocenters. The molecule has 1 atom stereocenters. The van der Waals surface area contributed by atoms with Crippen molar-refractivity contribution in [3.63, 3.8) is 0 Å². The molecule has 1 aliphatic heterocycles. The first-order valence-corrected chi connectivity index (χ1v) is 9.33. The maximum Gasteiger partial charge on any atom is 0.273 e. The van der Waals surface area contributed by atoms with Crippen molar-refractivity contribution in [1.82, 2.24) is 20.1 Å². The van der Waals surface area contributed by atoms with Crippen LogP contribution in [0.5, 0.6) is 0 Å². The molecule has 1 aromatic heterocycles. The summed E-state index contributed by atoms with van der Waals surface area (Å²) in [6.45, 7) is 12.0. The number of rotatable bonds is 9. The lowest BCUT2D eigenvalue weighted by atomic mass is 10.1. The minimum atomic E-state index is -0.241. The van der Waals surface area contributed by atoms with E-state index in [2.05, 4.69) is 33.9 Å². The number of hydrogen-bond donors (Lipinski definition) is 2. The van der Waals surface area contributed by atoms with Crippen LogP contribution < -0.4 is 5.32 Å². The Morgan fingerprint density at radius 2 is 2.00 bits per heavy atom. The van der Waals surface area contributed by atoms with E-state index in [9.17, 15) is 9.90 Å². The zero-order chi connectivity index (χ0) is 18.2. The maximum absolute atomic E-state index is 12.0. The third kappa shape index (κ3) is 6.76. The summed E-state index contributed by atoms with van der Waals surface area (Å²) in [5.74, 6) is 0.968. The number of nitrogens with zero attached hydrogens (tertiary/aromatic N) is 3. The van der Waals surface area contributed by atoms with Gasteiger partial charge in [-0.25, -0.2) is 4.98 Å². The number of aliphatic hydroxyl groups excluding tert-OH is 1. The molecule has 1 amide bonds. The fourth-order valence-electron chi connectivity index (χ4n) is 2.80. The van der Waals surface area contributed by atoms with Gasteiger partial charge in [-0.2, -0.15) is 0 Å². The summed E-state index contributed by atoms with van der Waals surface area (Å²) in [4.78, 5) is 20.9. The fraction of sp³-hybridized carbons (Fsp3) is 0.778. The Morgan fingerprint density at radius 1 is 1.32 bits per heavy atom. The van der Waals surface area contributed by atoms with Crippen LogP contribution in [0.15, 0.2) is 10.7 Å². The lowest BCUT2D eigenvalue weighted by Gasteiger charge is -2.34. The Kier molecular flexibility index (Phi) is 7.87. The van der Waals surface area contributed by atoms with E-state index in [0.29, 0.717) is 30.6 Å². The number of β-amino-alcohol motifs (C(OH)–C–C–N with tert-alkyl or cyclic N) is 1. The molecule has 0 aromatic carbocycles. The lowest BCUT2D eigenvalue weighted by Crippen LogP contribution is -2.48. The van der Waals surface area contributed by atoms with Crippen LogP contribution in [0, 0.1) is 5.92 Å². The summed E-state index contributed by atoms with van der Waals surface area (Å²) >= 11 is 0. The molecule has 1 saturated heterocycles. The van der Waals surface area contributed by atoms with Gasteiger partial charge in [-0.1, -0.05) is 20.8 Å². The van der Waals surface area contributed by atoms with Gasteiger partial charge in [0.05, 0.1) is 12.6 Å². The van der Waals surface area contributed by atoms with Crippen LogP contribution in [0.4, 0.5) is 0 Å². The van der Waals surface area contributed by atoms with Gasteiger partial charge in [-0.05, 0) is 18.8 Å². The highest BCUT2D eigenvalue weighted by Crippen LogP contribution is 2.10. The van der Waals surface area contributed by atoms with Crippen molar-refractivity contribution in [2.45, 2.75) is 46.3 Å². The quantitative estimate of drug-likeness (QED) is 0.698. The van der Waals surface area contributed by atoms with E-state index in [0.717, 1.165) is 45.6 Å². The summed E-state index contributed by atoms with van der Waals surface area (Å²) in [6.07, 6.45) is 2.94. The zero-order valence-electron chi connectivity index (χ0n) is 15.7. The van der Waals surface area contributed by atoms with E-state index < -0.39 is 0 Å². The van der Waals surface area contributed by atoms with Gasteiger partial charge < -0.3 is 14.8 Å². The molecule has 7 heteroatoms. The van der Waals surface area contributed by atoms with Crippen LogP contribution in [0.25, 0.3) is 0 Å². The molecule has 7 nitrogen and oxygen atoms in total. The van der Waals surface area contributed by atoms with Crippen molar-refractivity contribution in [3.8, 4) is 0 Å². The minimum absolute atomic E-state index is 0.172. The van der Waals surface area contributed by atoms with Gasteiger partial charge >= 0.3 is 0 Å². The van der Waals surface area contributed by atoms with Gasteiger partial charge in [0.25, 0.3) is 5.91 Å². The molecule has 0 spiro atoms. The number of carbonyl (C=O) groups excluding carboxylic acids is 1. The molecular formula is C18H32N4O3. The third-order valence-electron chi connectivity index (χ3n) is 4.56. The Bertz CT molecular complexity index is 524. The second kappa shape index (κ2) is 9.89. The number of amides is 1. The first kappa shape index (κ1) is 19.9. The number of carbonyl (C=O) groups is 1. The number of nitrogens with one attached hydrogen (secondary N) is 1. The number of hydrogen-bond acceptors (Lipinski definition) is 6. The topological polar surface area (TPSA) is 81.8 Å². The van der Waals surface area contributed by atoms with E-state index >= 15 is 0 Å². The highest BCUT2D eigenvalue weighted by atomic mass is 16.3. The smallest absolute Gasteiger partial charge is 0.273 e. The lowest BCUT2D eigenvalue weighted by molar-refractivity contribution is 0.0658. The average molecular weight is 352 g/mol. The van der Waals surface area contributed by atoms with Crippen LogP contribution in [0.1, 0.15) is 50.0 Å². The Labute approximate surface area is 150 Å². The zero-order valence-corrected chi connectivity index (χ0v) is 15.7. The summed E-state index contributed by atoms with van der Waals surface area (Å²) < 4.78 is 5.46. The molecule has 2 heterocycles. The number of aromatic nitrogens is 1. The first-order chi connectivity index (χ1) is 12.0. The summed E-state index contributed by atoms with van der Waals surface area (Å²) in [6, 6.07) is 0. The van der Waals surface area contributed by atoms with Crippen molar-refractivity contribution in [1.29, 1.82) is 0 Å². The number of piperazine rings is 1. The SMILES string of the molecule is CCC(O)CN1CCN(Cc2nc(C(=O)NCCC(C)C)co2)CC1. The van der Waals surface area contributed by atoms with Crippen molar-refractivity contribution in [3.05, 3.63) is 17.8 Å². The third-order valence-corrected chi connectivity index (χ3v) is 4.56. The van der Waals surface area contributed by atoms with Crippen molar-refractivity contribution >= 4 is 5.91 Å². The van der Waals surface area contributed by atoms with E-state index in [1.54, 1.807) is 0 Å². The molecular weight excluding hydrogens is 320 g/mol. The van der Waals surface area contributed by atoms with Crippen molar-refractivity contribution in [2.24, 2.45) is 5.92 Å². The van der Waals surface area contributed by atoms with Gasteiger partial charge in [0.15, 0.2) is 5.69 Å². The summed E-state index contributed by atoms with van der Waals surface area (Å²) in [7, 11) is 0. The van der Waals surface area contributed by atoms with Crippen LogP contribution in [-0.4, -0.2) is 71.2 Å². The van der Waals surface area contributed by atoms with Gasteiger partial charge in [-0.15, -0.1) is 0 Å². The van der Waals surface area contributed by atoms with Crippen LogP contribution in [0.3, 0.4) is 0 Å². The molecule has 2 N–H and O–H groups in total. The van der Waals surface area contributed by atoms with Crippen LogP contribution >= 0.6 is 0 Å². The normalized spacial score (nSPS) is 17.8. The number of oxazole rings is 1. The predicted octanol–water partition coefficient (Wildman–Crippen LogP) is 1.34. The molecule has 1 aromatic rings. The largest absolute Gasteiger partial charge is 0.447 e.